The van der Waals surface area contributed by atoms with Crippen LogP contribution in [0.25, 0.3) is 0 Å². The van der Waals surface area contributed by atoms with E-state index >= 15 is 0 Å². The topological polar surface area (TPSA) is 41.5 Å². The van der Waals surface area contributed by atoms with Gasteiger partial charge in [0.2, 0.25) is 5.91 Å². The van der Waals surface area contributed by atoms with Gasteiger partial charge in [-0.15, -0.1) is 11.3 Å². The average molecular weight is 210 g/mol. The maximum absolute atomic E-state index is 11.1. The Labute approximate surface area is 87.8 Å². The predicted octanol–water partition coefficient (Wildman–Crippen LogP) is 2.39. The zero-order valence-corrected chi connectivity index (χ0v) is 9.23. The third kappa shape index (κ3) is 3.30. The Bertz CT molecular complexity index is 317. The van der Waals surface area contributed by atoms with Crippen LogP contribution in [0.15, 0.2) is 22.6 Å². The van der Waals surface area contributed by atoms with Crippen LogP contribution < -0.4 is 5.43 Å². The van der Waals surface area contributed by atoms with Crippen molar-refractivity contribution in [3.8, 4) is 0 Å². The molecule has 0 aromatic carbocycles. The lowest BCUT2D eigenvalue weighted by Gasteiger charge is -1.98. The third-order valence-corrected chi connectivity index (χ3v) is 2.68. The van der Waals surface area contributed by atoms with Crippen molar-refractivity contribution in [2.24, 2.45) is 5.10 Å². The summed E-state index contributed by atoms with van der Waals surface area (Å²) in [4.78, 5) is 12.2. The molecule has 0 atom stereocenters. The van der Waals surface area contributed by atoms with Crippen LogP contribution in [0.2, 0.25) is 0 Å². The van der Waals surface area contributed by atoms with E-state index in [2.05, 4.69) is 10.5 Å². The van der Waals surface area contributed by atoms with Gasteiger partial charge >= 0.3 is 0 Å². The summed E-state index contributed by atoms with van der Waals surface area (Å²) in [5, 5.41) is 6.00. The second-order valence-corrected chi connectivity index (χ2v) is 3.91. The van der Waals surface area contributed by atoms with E-state index in [9.17, 15) is 4.79 Å². The number of carbonyl (C=O) groups excluding carboxylic acids is 1. The molecule has 0 aliphatic heterocycles. The van der Waals surface area contributed by atoms with Gasteiger partial charge < -0.3 is 0 Å². The normalized spacial score (nSPS) is 11.4. The molecule has 1 N–H and O–H groups in total. The lowest BCUT2D eigenvalue weighted by Crippen LogP contribution is -2.18. The highest BCUT2D eigenvalue weighted by molar-refractivity contribution is 7.12. The van der Waals surface area contributed by atoms with Gasteiger partial charge in [0.15, 0.2) is 0 Å². The van der Waals surface area contributed by atoms with Crippen LogP contribution in [-0.4, -0.2) is 11.6 Å². The Hall–Kier alpha value is -1.16. The second kappa shape index (κ2) is 5.54. The van der Waals surface area contributed by atoms with E-state index in [1.165, 1.54) is 0 Å². The van der Waals surface area contributed by atoms with Crippen molar-refractivity contribution in [3.63, 3.8) is 0 Å². The van der Waals surface area contributed by atoms with Gasteiger partial charge in [0, 0.05) is 11.3 Å². The summed E-state index contributed by atoms with van der Waals surface area (Å²) in [5.74, 6) is -0.0246. The van der Waals surface area contributed by atoms with Gasteiger partial charge in [-0.2, -0.15) is 5.10 Å². The highest BCUT2D eigenvalue weighted by Gasteiger charge is 1.99. The maximum Gasteiger partial charge on any atom is 0.240 e. The standard InChI is InChI=1S/C10H14N2OS/c1-3-5-10(13)12-11-8(2)9-6-4-7-14-9/h4,6-7H,3,5H2,1-2H3,(H,12,13). The molecule has 4 heteroatoms. The van der Waals surface area contributed by atoms with Crippen molar-refractivity contribution in [1.82, 2.24) is 5.43 Å². The fourth-order valence-corrected chi connectivity index (χ4v) is 1.65. The zero-order chi connectivity index (χ0) is 10.4. The minimum absolute atomic E-state index is 0.0246. The number of carbonyl (C=O) groups is 1. The van der Waals surface area contributed by atoms with Gasteiger partial charge in [0.05, 0.1) is 5.71 Å². The average Bonchev–Trinajstić information content (AvgIpc) is 2.67. The van der Waals surface area contributed by atoms with Crippen LogP contribution in [0.1, 0.15) is 31.6 Å². The van der Waals surface area contributed by atoms with Gasteiger partial charge in [-0.3, -0.25) is 4.79 Å². The molecule has 14 heavy (non-hydrogen) atoms. The molecule has 1 amide bonds. The van der Waals surface area contributed by atoms with Crippen molar-refractivity contribution in [1.29, 1.82) is 0 Å². The summed E-state index contributed by atoms with van der Waals surface area (Å²) >= 11 is 1.61. The van der Waals surface area contributed by atoms with Crippen molar-refractivity contribution < 1.29 is 4.79 Å². The summed E-state index contributed by atoms with van der Waals surface area (Å²) in [6.07, 6.45) is 1.38. The van der Waals surface area contributed by atoms with Crippen molar-refractivity contribution in [2.75, 3.05) is 0 Å². The number of amides is 1. The van der Waals surface area contributed by atoms with Crippen LogP contribution in [0.4, 0.5) is 0 Å². The quantitative estimate of drug-likeness (QED) is 0.601. The van der Waals surface area contributed by atoms with Crippen molar-refractivity contribution >= 4 is 23.0 Å². The number of rotatable bonds is 4. The van der Waals surface area contributed by atoms with Crippen molar-refractivity contribution in [3.05, 3.63) is 22.4 Å². The monoisotopic (exact) mass is 210 g/mol. The number of hydrogen-bond acceptors (Lipinski definition) is 3. The summed E-state index contributed by atoms with van der Waals surface area (Å²) in [5.41, 5.74) is 3.38. The van der Waals surface area contributed by atoms with Gasteiger partial charge in [-0.05, 0) is 24.8 Å². The van der Waals surface area contributed by atoms with Gasteiger partial charge in [-0.25, -0.2) is 5.43 Å². The first-order chi connectivity index (χ1) is 6.74. The fourth-order valence-electron chi connectivity index (χ4n) is 0.969. The molecule has 0 bridgehead atoms. The fraction of sp³-hybridized carbons (Fsp3) is 0.400. The minimum Gasteiger partial charge on any atom is -0.273 e. The molecule has 0 saturated carbocycles. The molecule has 1 heterocycles. The van der Waals surface area contributed by atoms with Crippen molar-refractivity contribution in [2.45, 2.75) is 26.7 Å². The SMILES string of the molecule is CCCC(=O)NN=C(C)c1cccs1. The molecular formula is C10H14N2OS. The molecule has 76 valence electrons. The van der Waals surface area contributed by atoms with Gasteiger partial charge in [-0.1, -0.05) is 13.0 Å². The Morgan fingerprint density at radius 2 is 2.43 bits per heavy atom. The molecule has 0 aliphatic rings. The second-order valence-electron chi connectivity index (χ2n) is 2.96. The summed E-state index contributed by atoms with van der Waals surface area (Å²) in [6.45, 7) is 3.85. The molecule has 1 aromatic heterocycles. The highest BCUT2D eigenvalue weighted by atomic mass is 32.1. The zero-order valence-electron chi connectivity index (χ0n) is 8.41. The van der Waals surface area contributed by atoms with E-state index < -0.39 is 0 Å². The lowest BCUT2D eigenvalue weighted by molar-refractivity contribution is -0.121. The van der Waals surface area contributed by atoms with Crippen LogP contribution in [0.5, 0.6) is 0 Å². The Balaban J connectivity index is 2.49. The lowest BCUT2D eigenvalue weighted by atomic mass is 10.3. The molecule has 0 fully saturated rings. The molecule has 0 aliphatic carbocycles. The van der Waals surface area contributed by atoms with E-state index in [1.54, 1.807) is 11.3 Å². The molecule has 0 spiro atoms. The molecular weight excluding hydrogens is 196 g/mol. The summed E-state index contributed by atoms with van der Waals surface area (Å²) in [7, 11) is 0. The Morgan fingerprint density at radius 3 is 3.00 bits per heavy atom. The van der Waals surface area contributed by atoms with Crippen LogP contribution in [-0.2, 0) is 4.79 Å². The Kier molecular flexibility index (Phi) is 4.32. The predicted molar refractivity (Wildman–Crippen MR) is 59.6 cm³/mol. The number of thiophene rings is 1. The number of hydrogen-bond donors (Lipinski definition) is 1. The van der Waals surface area contributed by atoms with E-state index in [-0.39, 0.29) is 5.91 Å². The minimum atomic E-state index is -0.0246. The Morgan fingerprint density at radius 1 is 1.64 bits per heavy atom. The molecule has 0 radical (unpaired) electrons. The smallest absolute Gasteiger partial charge is 0.240 e. The number of nitrogens with zero attached hydrogens (tertiary/aromatic N) is 1. The summed E-state index contributed by atoms with van der Waals surface area (Å²) < 4.78 is 0. The first kappa shape index (κ1) is 10.9. The van der Waals surface area contributed by atoms with Gasteiger partial charge in [0.1, 0.15) is 0 Å². The van der Waals surface area contributed by atoms with E-state index in [0.29, 0.717) is 6.42 Å². The molecule has 1 rings (SSSR count). The molecule has 0 unspecified atom stereocenters. The first-order valence-electron chi connectivity index (χ1n) is 4.61. The summed E-state index contributed by atoms with van der Waals surface area (Å²) in [6, 6.07) is 3.95. The molecule has 0 saturated heterocycles. The highest BCUT2D eigenvalue weighted by Crippen LogP contribution is 2.09. The van der Waals surface area contributed by atoms with E-state index in [0.717, 1.165) is 17.0 Å². The molecule has 3 nitrogen and oxygen atoms in total. The first-order valence-corrected chi connectivity index (χ1v) is 5.49. The van der Waals surface area contributed by atoms with E-state index in [1.807, 2.05) is 31.4 Å². The largest absolute Gasteiger partial charge is 0.273 e. The van der Waals surface area contributed by atoms with Crippen LogP contribution >= 0.6 is 11.3 Å². The maximum atomic E-state index is 11.1. The molecule has 1 aromatic rings. The van der Waals surface area contributed by atoms with E-state index in [4.69, 9.17) is 0 Å². The van der Waals surface area contributed by atoms with Crippen LogP contribution in [0.3, 0.4) is 0 Å². The van der Waals surface area contributed by atoms with Gasteiger partial charge in [0.25, 0.3) is 0 Å². The third-order valence-electron chi connectivity index (χ3n) is 1.70. The number of nitrogens with one attached hydrogen (secondary N) is 1. The number of hydrazone groups is 1. The van der Waals surface area contributed by atoms with Crippen LogP contribution in [0, 0.1) is 0 Å².